The predicted octanol–water partition coefficient (Wildman–Crippen LogP) is 2.36. The summed E-state index contributed by atoms with van der Waals surface area (Å²) in [6.45, 7) is 9.48. The molecule has 2 aromatic rings. The maximum atomic E-state index is 4.48. The normalized spacial score (nSPS) is 11.5. The monoisotopic (exact) mass is 275 g/mol. The van der Waals surface area contributed by atoms with Crippen LogP contribution in [0.5, 0.6) is 0 Å². The second-order valence-electron chi connectivity index (χ2n) is 5.63. The number of hydrogen-bond donors (Lipinski definition) is 2. The highest BCUT2D eigenvalue weighted by Gasteiger charge is 2.13. The molecule has 20 heavy (non-hydrogen) atoms. The zero-order valence-corrected chi connectivity index (χ0v) is 13.1. The second-order valence-corrected chi connectivity index (χ2v) is 5.63. The summed E-state index contributed by atoms with van der Waals surface area (Å²) in [6, 6.07) is 0.544. The van der Waals surface area contributed by atoms with Gasteiger partial charge in [-0.25, -0.2) is 4.98 Å². The summed E-state index contributed by atoms with van der Waals surface area (Å²) < 4.78 is 1.91. The lowest BCUT2D eigenvalue weighted by molar-refractivity contribution is 0.567. The predicted molar refractivity (Wildman–Crippen MR) is 81.7 cm³/mol. The summed E-state index contributed by atoms with van der Waals surface area (Å²) in [5.74, 6) is 1.05. The molecule has 0 spiro atoms. The third-order valence-corrected chi connectivity index (χ3v) is 3.55. The molecule has 2 N–H and O–H groups in total. The topological polar surface area (TPSA) is 58.5 Å². The van der Waals surface area contributed by atoms with Gasteiger partial charge in [-0.15, -0.1) is 0 Å². The Hall–Kier alpha value is -1.62. The van der Waals surface area contributed by atoms with Gasteiger partial charge in [0.25, 0.3) is 0 Å². The van der Waals surface area contributed by atoms with Crippen LogP contribution in [0.1, 0.15) is 37.5 Å². The van der Waals surface area contributed by atoms with E-state index in [2.05, 4.69) is 41.2 Å². The maximum absolute atomic E-state index is 4.48. The smallest absolute Gasteiger partial charge is 0.106 e. The van der Waals surface area contributed by atoms with Gasteiger partial charge in [0, 0.05) is 30.8 Å². The number of hydrogen-bond acceptors (Lipinski definition) is 3. The molecule has 0 aromatic carbocycles. The summed E-state index contributed by atoms with van der Waals surface area (Å²) in [7, 11) is 1.97. The molecule has 0 atom stereocenters. The third kappa shape index (κ3) is 3.28. The second kappa shape index (κ2) is 6.22. The first-order chi connectivity index (χ1) is 9.49. The van der Waals surface area contributed by atoms with Crippen LogP contribution in [0.3, 0.4) is 0 Å². The van der Waals surface area contributed by atoms with Crippen molar-refractivity contribution in [2.45, 2.75) is 46.6 Å². The largest absolute Gasteiger partial charge is 0.342 e. The van der Waals surface area contributed by atoms with Crippen LogP contribution in [0.25, 0.3) is 11.3 Å². The fourth-order valence-corrected chi connectivity index (χ4v) is 2.43. The van der Waals surface area contributed by atoms with Crippen LogP contribution in [0.2, 0.25) is 0 Å². The molecule has 5 heteroatoms. The Labute approximate surface area is 120 Å². The molecular weight excluding hydrogens is 250 g/mol. The maximum Gasteiger partial charge on any atom is 0.106 e. The fourth-order valence-electron chi connectivity index (χ4n) is 2.43. The quantitative estimate of drug-likeness (QED) is 0.796. The van der Waals surface area contributed by atoms with Crippen molar-refractivity contribution in [1.82, 2.24) is 25.1 Å². The molecule has 0 unspecified atom stereocenters. The summed E-state index contributed by atoms with van der Waals surface area (Å²) >= 11 is 0. The van der Waals surface area contributed by atoms with Crippen LogP contribution in [0, 0.1) is 13.8 Å². The first kappa shape index (κ1) is 14.8. The molecule has 0 amide bonds. The highest BCUT2D eigenvalue weighted by Crippen LogP contribution is 2.24. The SMILES string of the molecule is Cc1nn(C)c(C)c1-c1cnc(CCCNC(C)C)[nH]1. The number of aromatic amines is 1. The van der Waals surface area contributed by atoms with Gasteiger partial charge in [0.2, 0.25) is 0 Å². The zero-order chi connectivity index (χ0) is 14.7. The van der Waals surface area contributed by atoms with Gasteiger partial charge in [-0.2, -0.15) is 5.10 Å². The van der Waals surface area contributed by atoms with Crippen LogP contribution >= 0.6 is 0 Å². The number of H-pyrrole nitrogens is 1. The van der Waals surface area contributed by atoms with E-state index >= 15 is 0 Å². The molecule has 2 rings (SSSR count). The molecule has 2 aromatic heterocycles. The van der Waals surface area contributed by atoms with Gasteiger partial charge in [0.15, 0.2) is 0 Å². The highest BCUT2D eigenvalue weighted by atomic mass is 15.3. The fraction of sp³-hybridized carbons (Fsp3) is 0.600. The number of aromatic nitrogens is 4. The average Bonchev–Trinajstić information content (AvgIpc) is 2.91. The molecule has 0 saturated carbocycles. The average molecular weight is 275 g/mol. The van der Waals surface area contributed by atoms with Crippen molar-refractivity contribution in [2.24, 2.45) is 7.05 Å². The minimum absolute atomic E-state index is 0.544. The van der Waals surface area contributed by atoms with Crippen molar-refractivity contribution < 1.29 is 0 Å². The van der Waals surface area contributed by atoms with E-state index in [1.54, 1.807) is 0 Å². The summed E-state index contributed by atoms with van der Waals surface area (Å²) in [5.41, 5.74) is 4.45. The van der Waals surface area contributed by atoms with Crippen molar-refractivity contribution in [2.75, 3.05) is 6.54 Å². The van der Waals surface area contributed by atoms with Crippen LogP contribution < -0.4 is 5.32 Å². The standard InChI is InChI=1S/C15H25N5/c1-10(2)16-8-6-7-14-17-9-13(18-14)15-11(3)19-20(5)12(15)4/h9-10,16H,6-8H2,1-5H3,(H,17,18). The van der Waals surface area contributed by atoms with Crippen molar-refractivity contribution >= 4 is 0 Å². The molecule has 0 aliphatic carbocycles. The van der Waals surface area contributed by atoms with E-state index in [1.165, 1.54) is 11.3 Å². The lowest BCUT2D eigenvalue weighted by Gasteiger charge is -2.06. The van der Waals surface area contributed by atoms with Crippen LogP contribution in [-0.4, -0.2) is 32.3 Å². The van der Waals surface area contributed by atoms with Gasteiger partial charge < -0.3 is 10.3 Å². The highest BCUT2D eigenvalue weighted by molar-refractivity contribution is 5.64. The Kier molecular flexibility index (Phi) is 4.60. The first-order valence-electron chi connectivity index (χ1n) is 7.27. The lowest BCUT2D eigenvalue weighted by atomic mass is 10.1. The first-order valence-corrected chi connectivity index (χ1v) is 7.27. The van der Waals surface area contributed by atoms with E-state index in [0.29, 0.717) is 6.04 Å². The zero-order valence-electron chi connectivity index (χ0n) is 13.1. The molecule has 110 valence electrons. The minimum Gasteiger partial charge on any atom is -0.342 e. The Balaban J connectivity index is 2.02. The molecule has 0 fully saturated rings. The molecular formula is C15H25N5. The van der Waals surface area contributed by atoms with Gasteiger partial charge in [0.05, 0.1) is 17.6 Å². The molecule has 0 radical (unpaired) electrons. The molecule has 0 bridgehead atoms. The van der Waals surface area contributed by atoms with E-state index in [0.717, 1.165) is 36.6 Å². The third-order valence-electron chi connectivity index (χ3n) is 3.55. The number of aryl methyl sites for hydroxylation is 3. The van der Waals surface area contributed by atoms with E-state index in [1.807, 2.05) is 24.9 Å². The van der Waals surface area contributed by atoms with E-state index in [4.69, 9.17) is 0 Å². The summed E-state index contributed by atoms with van der Waals surface area (Å²) in [5, 5.41) is 7.87. The molecule has 0 saturated heterocycles. The number of nitrogens with zero attached hydrogens (tertiary/aromatic N) is 3. The van der Waals surface area contributed by atoms with Crippen molar-refractivity contribution in [3.05, 3.63) is 23.4 Å². The van der Waals surface area contributed by atoms with E-state index in [9.17, 15) is 0 Å². The van der Waals surface area contributed by atoms with Crippen molar-refractivity contribution in [1.29, 1.82) is 0 Å². The number of rotatable bonds is 6. The van der Waals surface area contributed by atoms with Gasteiger partial charge in [-0.1, -0.05) is 13.8 Å². The molecule has 2 heterocycles. The van der Waals surface area contributed by atoms with Crippen molar-refractivity contribution in [3.8, 4) is 11.3 Å². The molecule has 5 nitrogen and oxygen atoms in total. The van der Waals surface area contributed by atoms with Gasteiger partial charge in [-0.05, 0) is 26.8 Å². The van der Waals surface area contributed by atoms with Crippen molar-refractivity contribution in [3.63, 3.8) is 0 Å². The number of imidazole rings is 1. The Morgan fingerprint density at radius 1 is 1.35 bits per heavy atom. The van der Waals surface area contributed by atoms with Crippen LogP contribution in [-0.2, 0) is 13.5 Å². The minimum atomic E-state index is 0.544. The summed E-state index contributed by atoms with van der Waals surface area (Å²) in [6.07, 6.45) is 3.98. The molecule has 0 aliphatic rings. The van der Waals surface area contributed by atoms with E-state index in [-0.39, 0.29) is 0 Å². The Morgan fingerprint density at radius 2 is 2.10 bits per heavy atom. The Bertz CT molecular complexity index is 565. The lowest BCUT2D eigenvalue weighted by Crippen LogP contribution is -2.24. The van der Waals surface area contributed by atoms with Crippen LogP contribution in [0.15, 0.2) is 6.20 Å². The van der Waals surface area contributed by atoms with Crippen LogP contribution in [0.4, 0.5) is 0 Å². The Morgan fingerprint density at radius 3 is 2.70 bits per heavy atom. The number of nitrogens with one attached hydrogen (secondary N) is 2. The van der Waals surface area contributed by atoms with E-state index < -0.39 is 0 Å². The summed E-state index contributed by atoms with van der Waals surface area (Å²) in [4.78, 5) is 7.90. The van der Waals surface area contributed by atoms with Gasteiger partial charge in [-0.3, -0.25) is 4.68 Å². The van der Waals surface area contributed by atoms with Gasteiger partial charge in [0.1, 0.15) is 5.82 Å². The molecule has 0 aliphatic heterocycles. The van der Waals surface area contributed by atoms with Gasteiger partial charge >= 0.3 is 0 Å².